The number of carbonyl (C=O) groups excluding carboxylic acids is 1. The molecule has 0 N–H and O–H groups in total. The summed E-state index contributed by atoms with van der Waals surface area (Å²) in [5.74, 6) is 0.579. The number of hydrogen-bond acceptors (Lipinski definition) is 8. The summed E-state index contributed by atoms with van der Waals surface area (Å²) in [7, 11) is 1.55. The van der Waals surface area contributed by atoms with E-state index in [2.05, 4.69) is 42.9 Å². The van der Waals surface area contributed by atoms with Gasteiger partial charge in [-0.2, -0.15) is 5.26 Å². The Kier molecular flexibility index (Phi) is 9.53. The van der Waals surface area contributed by atoms with Gasteiger partial charge in [-0.3, -0.25) is 9.36 Å². The first-order chi connectivity index (χ1) is 21.1. The second-order valence-electron chi connectivity index (χ2n) is 10.2. The van der Waals surface area contributed by atoms with E-state index in [4.69, 9.17) is 14.2 Å². The molecule has 0 saturated heterocycles. The number of ether oxygens (including phenoxy) is 3. The Hall–Kier alpha value is -3.98. The molecule has 0 spiro atoms. The number of nitriles is 1. The summed E-state index contributed by atoms with van der Waals surface area (Å²) in [6, 6.07) is 19.6. The molecule has 1 aromatic heterocycles. The van der Waals surface area contributed by atoms with Crippen molar-refractivity contribution in [3.05, 3.63) is 123 Å². The van der Waals surface area contributed by atoms with Gasteiger partial charge in [-0.1, -0.05) is 51.5 Å². The highest BCUT2D eigenvalue weighted by Gasteiger charge is 2.35. The molecule has 4 aromatic rings. The lowest BCUT2D eigenvalue weighted by molar-refractivity contribution is -0.143. The second-order valence-corrected chi connectivity index (χ2v) is 12.9. The molecule has 1 atom stereocenters. The van der Waals surface area contributed by atoms with Crippen LogP contribution in [0.25, 0.3) is 6.08 Å². The minimum absolute atomic E-state index is 0.236. The molecule has 1 aliphatic rings. The molecule has 3 aromatic carbocycles. The normalized spacial score (nSPS) is 14.6. The molecule has 11 heteroatoms. The first kappa shape index (κ1) is 31.4. The molecule has 44 heavy (non-hydrogen) atoms. The molecule has 5 rings (SSSR count). The van der Waals surface area contributed by atoms with E-state index in [1.165, 1.54) is 15.9 Å². The van der Waals surface area contributed by atoms with Crippen molar-refractivity contribution in [3.63, 3.8) is 0 Å². The molecule has 0 bridgehead atoms. The standard InChI is InChI=1S/C33H27Br2N3O5S/c1-18(2)43-32(40)29-19(3)37-33-38(30(29)24-15-23(34)10-12-26(24)41-4)31(39)28(44-33)14-20-9-11-27(25(35)13-20)42-17-22-8-6-5-7-21(22)16-36/h5-15,18,30H,17H2,1-4H3/b28-14-/t30-/m0/s1. The maximum atomic E-state index is 14.0. The first-order valence-corrected chi connectivity index (χ1v) is 16.0. The van der Waals surface area contributed by atoms with Crippen LogP contribution in [0, 0.1) is 11.3 Å². The minimum Gasteiger partial charge on any atom is -0.496 e. The second kappa shape index (κ2) is 13.3. The van der Waals surface area contributed by atoms with Crippen LogP contribution in [0.15, 0.2) is 90.7 Å². The van der Waals surface area contributed by atoms with E-state index in [1.54, 1.807) is 52.2 Å². The van der Waals surface area contributed by atoms with E-state index >= 15 is 0 Å². The summed E-state index contributed by atoms with van der Waals surface area (Å²) >= 11 is 8.34. The van der Waals surface area contributed by atoms with Crippen molar-refractivity contribution in [1.82, 2.24) is 4.57 Å². The number of esters is 1. The number of hydrogen-bond donors (Lipinski definition) is 0. The lowest BCUT2D eigenvalue weighted by atomic mass is 9.95. The van der Waals surface area contributed by atoms with Crippen molar-refractivity contribution in [2.45, 2.75) is 39.5 Å². The van der Waals surface area contributed by atoms with Crippen molar-refractivity contribution in [2.75, 3.05) is 7.11 Å². The summed E-state index contributed by atoms with van der Waals surface area (Å²) in [5.41, 5.74) is 3.18. The highest BCUT2D eigenvalue weighted by molar-refractivity contribution is 9.10. The fourth-order valence-electron chi connectivity index (χ4n) is 4.86. The smallest absolute Gasteiger partial charge is 0.338 e. The maximum absolute atomic E-state index is 14.0. The lowest BCUT2D eigenvalue weighted by Gasteiger charge is -2.26. The molecule has 8 nitrogen and oxygen atoms in total. The molecular formula is C33H27Br2N3O5S. The molecule has 0 unspecified atom stereocenters. The van der Waals surface area contributed by atoms with Gasteiger partial charge >= 0.3 is 5.97 Å². The molecular weight excluding hydrogens is 710 g/mol. The predicted molar refractivity (Wildman–Crippen MR) is 175 cm³/mol. The van der Waals surface area contributed by atoms with E-state index in [9.17, 15) is 14.9 Å². The van der Waals surface area contributed by atoms with Gasteiger partial charge in [0.2, 0.25) is 0 Å². The maximum Gasteiger partial charge on any atom is 0.338 e. The lowest BCUT2D eigenvalue weighted by Crippen LogP contribution is -2.40. The predicted octanol–water partition coefficient (Wildman–Crippen LogP) is 6.17. The Balaban J connectivity index is 1.56. The quantitative estimate of drug-likeness (QED) is 0.201. The molecule has 1 aliphatic heterocycles. The average Bonchev–Trinajstić information content (AvgIpc) is 3.29. The number of benzene rings is 3. The average molecular weight is 737 g/mol. The van der Waals surface area contributed by atoms with Crippen LogP contribution in [0.4, 0.5) is 0 Å². The van der Waals surface area contributed by atoms with E-state index in [-0.39, 0.29) is 23.8 Å². The summed E-state index contributed by atoms with van der Waals surface area (Å²) in [5, 5.41) is 9.35. The summed E-state index contributed by atoms with van der Waals surface area (Å²) in [4.78, 5) is 32.6. The fraction of sp³-hybridized carbons (Fsp3) is 0.212. The largest absolute Gasteiger partial charge is 0.496 e. The van der Waals surface area contributed by atoms with Crippen LogP contribution in [0.2, 0.25) is 0 Å². The van der Waals surface area contributed by atoms with E-state index in [0.29, 0.717) is 42.1 Å². The third-order valence-corrected chi connectivity index (χ3v) is 8.94. The van der Waals surface area contributed by atoms with E-state index < -0.39 is 12.0 Å². The van der Waals surface area contributed by atoms with Crippen LogP contribution in [0.3, 0.4) is 0 Å². The number of methoxy groups -OCH3 is 1. The Morgan fingerprint density at radius 1 is 1.14 bits per heavy atom. The highest BCUT2D eigenvalue weighted by atomic mass is 79.9. The van der Waals surface area contributed by atoms with Crippen LogP contribution in [0.1, 0.15) is 49.1 Å². The zero-order chi connectivity index (χ0) is 31.5. The number of fused-ring (bicyclic) bond motifs is 1. The third-order valence-electron chi connectivity index (χ3n) is 6.85. The number of aromatic nitrogens is 1. The van der Waals surface area contributed by atoms with Crippen LogP contribution in [-0.4, -0.2) is 23.8 Å². The zero-order valence-electron chi connectivity index (χ0n) is 24.3. The number of halogens is 2. The van der Waals surface area contributed by atoms with Crippen LogP contribution in [0.5, 0.6) is 11.5 Å². The molecule has 224 valence electrons. The van der Waals surface area contributed by atoms with Gasteiger partial charge in [-0.05, 0) is 84.7 Å². The number of allylic oxidation sites excluding steroid dienone is 1. The summed E-state index contributed by atoms with van der Waals surface area (Å²) in [6.45, 7) is 5.53. The number of thiazole rings is 1. The topological polar surface area (TPSA) is 103 Å². The SMILES string of the molecule is COc1ccc(Br)cc1[C@H]1C(C(=O)OC(C)C)=C(C)N=c2s/c(=C\c3ccc(OCc4ccccc4C#N)c(Br)c3)c(=O)n21. The monoisotopic (exact) mass is 735 g/mol. The van der Waals surface area contributed by atoms with Gasteiger partial charge < -0.3 is 14.2 Å². The molecule has 0 aliphatic carbocycles. The Bertz CT molecular complexity index is 2020. The third kappa shape index (κ3) is 6.43. The Morgan fingerprint density at radius 2 is 1.89 bits per heavy atom. The molecule has 0 amide bonds. The molecule has 0 fully saturated rings. The van der Waals surface area contributed by atoms with Crippen LogP contribution in [-0.2, 0) is 16.1 Å². The summed E-state index contributed by atoms with van der Waals surface area (Å²) < 4.78 is 20.7. The first-order valence-electron chi connectivity index (χ1n) is 13.6. The molecule has 0 saturated carbocycles. The molecule has 2 heterocycles. The Morgan fingerprint density at radius 3 is 2.59 bits per heavy atom. The van der Waals surface area contributed by atoms with Gasteiger partial charge in [0.15, 0.2) is 4.80 Å². The van der Waals surface area contributed by atoms with Crippen LogP contribution < -0.4 is 24.4 Å². The highest BCUT2D eigenvalue weighted by Crippen LogP contribution is 2.37. The van der Waals surface area contributed by atoms with Crippen molar-refractivity contribution in [3.8, 4) is 17.6 Å². The zero-order valence-corrected chi connectivity index (χ0v) is 28.2. The van der Waals surface area contributed by atoms with Gasteiger partial charge in [0, 0.05) is 15.6 Å². The van der Waals surface area contributed by atoms with Crippen molar-refractivity contribution in [1.29, 1.82) is 5.26 Å². The van der Waals surface area contributed by atoms with Gasteiger partial charge in [-0.15, -0.1) is 0 Å². The number of nitrogens with zero attached hydrogens (tertiary/aromatic N) is 3. The Labute approximate surface area is 274 Å². The van der Waals surface area contributed by atoms with Crippen molar-refractivity contribution in [2.24, 2.45) is 4.99 Å². The van der Waals surface area contributed by atoms with E-state index in [0.717, 1.165) is 15.6 Å². The van der Waals surface area contributed by atoms with Crippen LogP contribution >= 0.6 is 43.2 Å². The number of carbonyl (C=O) groups is 1. The van der Waals surface area contributed by atoms with Gasteiger partial charge in [0.1, 0.15) is 24.1 Å². The van der Waals surface area contributed by atoms with Gasteiger partial charge in [0.25, 0.3) is 5.56 Å². The van der Waals surface area contributed by atoms with E-state index in [1.807, 2.05) is 42.5 Å². The van der Waals surface area contributed by atoms with Gasteiger partial charge in [0.05, 0.1) is 45.1 Å². The van der Waals surface area contributed by atoms with Crippen molar-refractivity contribution < 1.29 is 19.0 Å². The summed E-state index contributed by atoms with van der Waals surface area (Å²) in [6.07, 6.45) is 1.42. The molecule has 0 radical (unpaired) electrons. The number of rotatable bonds is 8. The van der Waals surface area contributed by atoms with Gasteiger partial charge in [-0.25, -0.2) is 9.79 Å². The fourth-order valence-corrected chi connectivity index (χ4v) is 6.80. The van der Waals surface area contributed by atoms with Crippen molar-refractivity contribution >= 4 is 55.2 Å². The minimum atomic E-state index is -0.814.